The first kappa shape index (κ1) is 22.4. The fourth-order valence-corrected chi connectivity index (χ4v) is 3.88. The zero-order valence-corrected chi connectivity index (χ0v) is 17.9. The lowest BCUT2D eigenvalue weighted by molar-refractivity contribution is -0.274. The molecular weight excluding hydrogens is 445 g/mol. The molecule has 1 aromatic heterocycles. The maximum absolute atomic E-state index is 12.6. The molecule has 32 heavy (non-hydrogen) atoms. The molecule has 1 saturated heterocycles. The third-order valence-corrected chi connectivity index (χ3v) is 5.50. The number of nitrogens with two attached hydrogens (primary N) is 1. The lowest BCUT2D eigenvalue weighted by Gasteiger charge is -2.31. The van der Waals surface area contributed by atoms with Gasteiger partial charge in [0.15, 0.2) is 0 Å². The summed E-state index contributed by atoms with van der Waals surface area (Å²) in [5.74, 6) is 0.219. The average Bonchev–Trinajstić information content (AvgIpc) is 2.75. The number of morpholine rings is 1. The Balaban J connectivity index is 1.68. The van der Waals surface area contributed by atoms with Crippen LogP contribution in [-0.4, -0.2) is 55.6 Å². The molecule has 2 aromatic carbocycles. The number of fused-ring (bicyclic) bond motifs is 1. The van der Waals surface area contributed by atoms with E-state index in [2.05, 4.69) is 9.64 Å². The van der Waals surface area contributed by atoms with Gasteiger partial charge >= 0.3 is 6.36 Å². The summed E-state index contributed by atoms with van der Waals surface area (Å²) in [4.78, 5) is 8.85. The second-order valence-electron chi connectivity index (χ2n) is 7.36. The fraction of sp³-hybridized carbons (Fsp3) is 0.318. The van der Waals surface area contributed by atoms with E-state index in [1.165, 1.54) is 18.2 Å². The summed E-state index contributed by atoms with van der Waals surface area (Å²) in [5, 5.41) is 1.40. The molecule has 1 fully saturated rings. The quantitative estimate of drug-likeness (QED) is 0.524. The average molecular weight is 467 g/mol. The minimum absolute atomic E-state index is 0.148. The molecule has 2 heterocycles. The van der Waals surface area contributed by atoms with E-state index in [0.29, 0.717) is 48.3 Å². The van der Waals surface area contributed by atoms with Crippen molar-refractivity contribution in [3.63, 3.8) is 0 Å². The van der Waals surface area contributed by atoms with Crippen LogP contribution in [0.5, 0.6) is 5.75 Å². The van der Waals surface area contributed by atoms with Gasteiger partial charge in [-0.05, 0) is 30.3 Å². The SMILES string of the molecule is Nc1cc(OC(F)(F)F)ccc1N(CCN1CCOCC1)c1ccc2cccc(Cl)c2n1. The number of halogens is 4. The third-order valence-electron chi connectivity index (χ3n) is 5.20. The zero-order valence-electron chi connectivity index (χ0n) is 17.1. The summed E-state index contributed by atoms with van der Waals surface area (Å²) in [5.41, 5.74) is 7.47. The molecule has 0 amide bonds. The molecule has 0 aliphatic carbocycles. The molecule has 0 spiro atoms. The number of rotatable bonds is 6. The van der Waals surface area contributed by atoms with Gasteiger partial charge in [0.2, 0.25) is 0 Å². The van der Waals surface area contributed by atoms with Gasteiger partial charge in [-0.2, -0.15) is 0 Å². The number of anilines is 3. The van der Waals surface area contributed by atoms with Crippen molar-refractivity contribution in [2.24, 2.45) is 0 Å². The predicted octanol–water partition coefficient (Wildman–Crippen LogP) is 4.84. The van der Waals surface area contributed by atoms with Crippen LogP contribution in [0.15, 0.2) is 48.5 Å². The normalized spacial score (nSPS) is 15.1. The molecule has 0 unspecified atom stereocenters. The fourth-order valence-electron chi connectivity index (χ4n) is 3.65. The van der Waals surface area contributed by atoms with Crippen LogP contribution in [0, 0.1) is 0 Å². The Bertz CT molecular complexity index is 1090. The predicted molar refractivity (Wildman–Crippen MR) is 119 cm³/mol. The number of hydrogen-bond donors (Lipinski definition) is 1. The molecule has 4 rings (SSSR count). The van der Waals surface area contributed by atoms with E-state index in [1.54, 1.807) is 6.07 Å². The van der Waals surface area contributed by atoms with Gasteiger partial charge in [0.05, 0.1) is 35.1 Å². The van der Waals surface area contributed by atoms with Crippen LogP contribution in [0.25, 0.3) is 10.9 Å². The number of hydrogen-bond acceptors (Lipinski definition) is 6. The molecule has 0 bridgehead atoms. The van der Waals surface area contributed by atoms with E-state index in [1.807, 2.05) is 29.2 Å². The lowest BCUT2D eigenvalue weighted by Crippen LogP contribution is -2.40. The highest BCUT2D eigenvalue weighted by molar-refractivity contribution is 6.35. The van der Waals surface area contributed by atoms with Crippen LogP contribution < -0.4 is 15.4 Å². The Morgan fingerprint density at radius 2 is 1.91 bits per heavy atom. The van der Waals surface area contributed by atoms with Gasteiger partial charge in [-0.1, -0.05) is 23.7 Å². The molecule has 2 N–H and O–H groups in total. The van der Waals surface area contributed by atoms with Gasteiger partial charge in [-0.3, -0.25) is 4.90 Å². The van der Waals surface area contributed by atoms with E-state index in [-0.39, 0.29) is 11.4 Å². The second-order valence-corrected chi connectivity index (χ2v) is 7.76. The van der Waals surface area contributed by atoms with Gasteiger partial charge in [0.25, 0.3) is 0 Å². The molecule has 3 aromatic rings. The van der Waals surface area contributed by atoms with Crippen molar-refractivity contribution in [3.05, 3.63) is 53.6 Å². The van der Waals surface area contributed by atoms with Crippen LogP contribution >= 0.6 is 11.6 Å². The summed E-state index contributed by atoms with van der Waals surface area (Å²) in [6.07, 6.45) is -4.79. The van der Waals surface area contributed by atoms with E-state index in [0.717, 1.165) is 18.5 Å². The van der Waals surface area contributed by atoms with E-state index in [9.17, 15) is 13.2 Å². The monoisotopic (exact) mass is 466 g/mol. The lowest BCUT2D eigenvalue weighted by atomic mass is 10.2. The number of ether oxygens (including phenoxy) is 2. The molecule has 10 heteroatoms. The first-order valence-electron chi connectivity index (χ1n) is 10.1. The number of nitrogen functional groups attached to an aromatic ring is 1. The summed E-state index contributed by atoms with van der Waals surface area (Å²) in [7, 11) is 0. The minimum atomic E-state index is -4.79. The van der Waals surface area contributed by atoms with E-state index < -0.39 is 6.36 Å². The van der Waals surface area contributed by atoms with Gasteiger partial charge in [0, 0.05) is 37.6 Å². The molecule has 170 valence electrons. The first-order chi connectivity index (χ1) is 15.3. The Morgan fingerprint density at radius 1 is 1.12 bits per heavy atom. The Kier molecular flexibility index (Phi) is 6.59. The Morgan fingerprint density at radius 3 is 2.62 bits per heavy atom. The number of nitrogens with zero attached hydrogens (tertiary/aromatic N) is 3. The van der Waals surface area contributed by atoms with E-state index >= 15 is 0 Å². The highest BCUT2D eigenvalue weighted by Crippen LogP contribution is 2.35. The Hall–Kier alpha value is -2.75. The van der Waals surface area contributed by atoms with Crippen LogP contribution in [0.2, 0.25) is 5.02 Å². The smallest absolute Gasteiger partial charge is 0.406 e. The molecule has 0 saturated carbocycles. The van der Waals surface area contributed by atoms with Gasteiger partial charge < -0.3 is 20.1 Å². The molecule has 1 aliphatic heterocycles. The van der Waals surface area contributed by atoms with Crippen molar-refractivity contribution >= 4 is 39.7 Å². The number of pyridine rings is 1. The van der Waals surface area contributed by atoms with Gasteiger partial charge in [0.1, 0.15) is 11.6 Å². The van der Waals surface area contributed by atoms with Crippen molar-refractivity contribution in [2.45, 2.75) is 6.36 Å². The third kappa shape index (κ3) is 5.35. The number of para-hydroxylation sites is 1. The summed E-state index contributed by atoms with van der Waals surface area (Å²) < 4.78 is 47.2. The minimum Gasteiger partial charge on any atom is -0.406 e. The van der Waals surface area contributed by atoms with Crippen molar-refractivity contribution in [1.29, 1.82) is 0 Å². The van der Waals surface area contributed by atoms with Crippen molar-refractivity contribution in [3.8, 4) is 5.75 Å². The van der Waals surface area contributed by atoms with Gasteiger partial charge in [-0.15, -0.1) is 13.2 Å². The summed E-state index contributed by atoms with van der Waals surface area (Å²) in [6.45, 7) is 4.15. The van der Waals surface area contributed by atoms with Crippen molar-refractivity contribution in [1.82, 2.24) is 9.88 Å². The van der Waals surface area contributed by atoms with Crippen LogP contribution in [-0.2, 0) is 4.74 Å². The topological polar surface area (TPSA) is 63.9 Å². The van der Waals surface area contributed by atoms with Crippen molar-refractivity contribution < 1.29 is 22.6 Å². The van der Waals surface area contributed by atoms with Crippen molar-refractivity contribution in [2.75, 3.05) is 50.0 Å². The number of aromatic nitrogens is 1. The Labute approximate surface area is 188 Å². The largest absolute Gasteiger partial charge is 0.573 e. The van der Waals surface area contributed by atoms with Gasteiger partial charge in [-0.25, -0.2) is 4.98 Å². The summed E-state index contributed by atoms with van der Waals surface area (Å²) >= 11 is 6.34. The highest BCUT2D eigenvalue weighted by Gasteiger charge is 2.31. The van der Waals surface area contributed by atoms with Crippen LogP contribution in [0.4, 0.5) is 30.4 Å². The number of benzene rings is 2. The molecule has 0 radical (unpaired) electrons. The van der Waals surface area contributed by atoms with Crippen LogP contribution in [0.3, 0.4) is 0 Å². The second kappa shape index (κ2) is 9.40. The standard InChI is InChI=1S/C22H22ClF3N4O2/c23-17-3-1-2-15-4-7-20(28-21(15)17)30(9-8-29-10-12-31-13-11-29)19-6-5-16(14-18(19)27)32-22(24,25)26/h1-7,14H,8-13,27H2. The molecular formula is C22H22ClF3N4O2. The van der Waals surface area contributed by atoms with Crippen LogP contribution in [0.1, 0.15) is 0 Å². The summed E-state index contributed by atoms with van der Waals surface area (Å²) in [6, 6.07) is 13.2. The zero-order chi connectivity index (χ0) is 22.7. The molecule has 6 nitrogen and oxygen atoms in total. The highest BCUT2D eigenvalue weighted by atomic mass is 35.5. The number of alkyl halides is 3. The maximum Gasteiger partial charge on any atom is 0.573 e. The maximum atomic E-state index is 12.6. The molecule has 1 aliphatic rings. The molecule has 0 atom stereocenters. The first-order valence-corrected chi connectivity index (χ1v) is 10.5. The van der Waals surface area contributed by atoms with E-state index in [4.69, 9.17) is 27.1 Å².